The maximum atomic E-state index is 6.09. The van der Waals surface area contributed by atoms with E-state index in [1.807, 2.05) is 42.0 Å². The van der Waals surface area contributed by atoms with E-state index >= 15 is 0 Å². The third kappa shape index (κ3) is 2.32. The SMILES string of the molecule is CSc1nnc2c(n1)OC(c1ccsc1)Nc1ccccc1-2. The van der Waals surface area contributed by atoms with E-state index in [2.05, 4.69) is 25.9 Å². The fraction of sp³-hybridized carbons (Fsp3) is 0.133. The van der Waals surface area contributed by atoms with E-state index in [0.29, 0.717) is 16.7 Å². The van der Waals surface area contributed by atoms with E-state index in [4.69, 9.17) is 4.74 Å². The summed E-state index contributed by atoms with van der Waals surface area (Å²) in [5.41, 5.74) is 3.64. The molecule has 0 saturated heterocycles. The maximum absolute atomic E-state index is 6.09. The molecule has 4 rings (SSSR count). The molecule has 0 spiro atoms. The number of aromatic nitrogens is 3. The lowest BCUT2D eigenvalue weighted by molar-refractivity contribution is 0.226. The number of hydrogen-bond acceptors (Lipinski definition) is 7. The molecule has 1 aliphatic rings. The van der Waals surface area contributed by atoms with Crippen molar-refractivity contribution in [2.75, 3.05) is 11.6 Å². The van der Waals surface area contributed by atoms with Crippen molar-refractivity contribution >= 4 is 28.8 Å². The van der Waals surface area contributed by atoms with Crippen LogP contribution in [0.1, 0.15) is 11.8 Å². The van der Waals surface area contributed by atoms with Gasteiger partial charge in [0.05, 0.1) is 0 Å². The van der Waals surface area contributed by atoms with Crippen LogP contribution >= 0.6 is 23.1 Å². The second kappa shape index (κ2) is 5.58. The van der Waals surface area contributed by atoms with E-state index in [-0.39, 0.29) is 6.23 Å². The summed E-state index contributed by atoms with van der Waals surface area (Å²) >= 11 is 3.08. The van der Waals surface area contributed by atoms with Crippen LogP contribution in [-0.4, -0.2) is 21.4 Å². The minimum atomic E-state index is -0.292. The van der Waals surface area contributed by atoms with Gasteiger partial charge < -0.3 is 10.1 Å². The Kier molecular flexibility index (Phi) is 3.44. The quantitative estimate of drug-likeness (QED) is 0.722. The molecule has 110 valence electrons. The number of ether oxygens (including phenoxy) is 1. The molecule has 1 unspecified atom stereocenters. The highest BCUT2D eigenvalue weighted by atomic mass is 32.2. The number of thioether (sulfide) groups is 1. The van der Waals surface area contributed by atoms with Gasteiger partial charge in [-0.3, -0.25) is 0 Å². The van der Waals surface area contributed by atoms with Crippen molar-refractivity contribution in [3.05, 3.63) is 46.7 Å². The molecule has 0 radical (unpaired) electrons. The normalized spacial score (nSPS) is 16.0. The summed E-state index contributed by atoms with van der Waals surface area (Å²) in [6.45, 7) is 0. The van der Waals surface area contributed by atoms with Gasteiger partial charge in [-0.1, -0.05) is 30.0 Å². The summed E-state index contributed by atoms with van der Waals surface area (Å²) in [6.07, 6.45) is 1.63. The Balaban J connectivity index is 1.88. The molecule has 0 saturated carbocycles. The summed E-state index contributed by atoms with van der Waals surface area (Å²) < 4.78 is 6.09. The van der Waals surface area contributed by atoms with Crippen molar-refractivity contribution < 1.29 is 4.74 Å². The average molecular weight is 328 g/mol. The Morgan fingerprint density at radius 2 is 2.14 bits per heavy atom. The number of rotatable bonds is 2. The highest BCUT2D eigenvalue weighted by molar-refractivity contribution is 7.98. The van der Waals surface area contributed by atoms with E-state index in [1.165, 1.54) is 11.8 Å². The molecule has 3 heterocycles. The maximum Gasteiger partial charge on any atom is 0.247 e. The van der Waals surface area contributed by atoms with Gasteiger partial charge in [0.1, 0.15) is 0 Å². The molecular formula is C15H12N4OS2. The molecule has 0 fully saturated rings. The van der Waals surface area contributed by atoms with Gasteiger partial charge in [0.15, 0.2) is 11.9 Å². The molecular weight excluding hydrogens is 316 g/mol. The van der Waals surface area contributed by atoms with Crippen molar-refractivity contribution in [1.82, 2.24) is 15.2 Å². The fourth-order valence-corrected chi connectivity index (χ4v) is 3.28. The van der Waals surface area contributed by atoms with Gasteiger partial charge >= 0.3 is 0 Å². The van der Waals surface area contributed by atoms with Crippen molar-refractivity contribution in [3.8, 4) is 17.1 Å². The molecule has 2 aromatic heterocycles. The third-order valence-electron chi connectivity index (χ3n) is 3.36. The summed E-state index contributed by atoms with van der Waals surface area (Å²) in [7, 11) is 0. The highest BCUT2D eigenvalue weighted by Crippen LogP contribution is 2.39. The van der Waals surface area contributed by atoms with Gasteiger partial charge in [0, 0.05) is 16.8 Å². The molecule has 3 aromatic rings. The number of thiophene rings is 1. The van der Waals surface area contributed by atoms with Crippen LogP contribution in [0.4, 0.5) is 5.69 Å². The predicted molar refractivity (Wildman–Crippen MR) is 88.4 cm³/mol. The molecule has 5 nitrogen and oxygen atoms in total. The van der Waals surface area contributed by atoms with Crippen LogP contribution in [0.3, 0.4) is 0 Å². The predicted octanol–water partition coefficient (Wildman–Crippen LogP) is 3.83. The van der Waals surface area contributed by atoms with Crippen LogP contribution in [-0.2, 0) is 0 Å². The zero-order chi connectivity index (χ0) is 14.9. The van der Waals surface area contributed by atoms with Gasteiger partial charge in [-0.25, -0.2) is 0 Å². The van der Waals surface area contributed by atoms with Gasteiger partial charge in [-0.15, -0.1) is 10.2 Å². The van der Waals surface area contributed by atoms with E-state index in [1.54, 1.807) is 11.3 Å². The van der Waals surface area contributed by atoms with Crippen LogP contribution < -0.4 is 10.1 Å². The van der Waals surface area contributed by atoms with Crippen LogP contribution in [0, 0.1) is 0 Å². The second-order valence-corrected chi connectivity index (χ2v) is 6.25. The molecule has 1 aromatic carbocycles. The molecule has 1 aliphatic heterocycles. The Hall–Kier alpha value is -2.12. The first kappa shape index (κ1) is 13.5. The lowest BCUT2D eigenvalue weighted by Crippen LogP contribution is -2.16. The second-order valence-electron chi connectivity index (χ2n) is 4.70. The van der Waals surface area contributed by atoms with Crippen molar-refractivity contribution in [2.45, 2.75) is 11.4 Å². The van der Waals surface area contributed by atoms with Crippen molar-refractivity contribution in [1.29, 1.82) is 0 Å². The van der Waals surface area contributed by atoms with Crippen LogP contribution in [0.25, 0.3) is 11.3 Å². The van der Waals surface area contributed by atoms with Gasteiger partial charge in [0.2, 0.25) is 11.0 Å². The van der Waals surface area contributed by atoms with Crippen LogP contribution in [0.15, 0.2) is 46.2 Å². The van der Waals surface area contributed by atoms with Crippen LogP contribution in [0.2, 0.25) is 0 Å². The monoisotopic (exact) mass is 328 g/mol. The largest absolute Gasteiger partial charge is 0.448 e. The number of benzene rings is 1. The number of nitrogens with zero attached hydrogens (tertiary/aromatic N) is 3. The number of nitrogens with one attached hydrogen (secondary N) is 1. The summed E-state index contributed by atoms with van der Waals surface area (Å²) in [4.78, 5) is 4.48. The molecule has 22 heavy (non-hydrogen) atoms. The minimum absolute atomic E-state index is 0.292. The zero-order valence-corrected chi connectivity index (χ0v) is 13.3. The topological polar surface area (TPSA) is 59.9 Å². The molecule has 0 bridgehead atoms. The van der Waals surface area contributed by atoms with E-state index in [0.717, 1.165) is 16.8 Å². The van der Waals surface area contributed by atoms with E-state index in [9.17, 15) is 0 Å². The molecule has 1 atom stereocenters. The Bertz CT molecular complexity index is 807. The fourth-order valence-electron chi connectivity index (χ4n) is 2.31. The Labute approximate surface area is 135 Å². The van der Waals surface area contributed by atoms with Crippen molar-refractivity contribution in [2.24, 2.45) is 0 Å². The molecule has 0 aliphatic carbocycles. The lowest BCUT2D eigenvalue weighted by atomic mass is 10.1. The first-order chi connectivity index (χ1) is 10.8. The Morgan fingerprint density at radius 3 is 2.95 bits per heavy atom. The first-order valence-corrected chi connectivity index (χ1v) is 8.85. The Morgan fingerprint density at radius 1 is 1.23 bits per heavy atom. The smallest absolute Gasteiger partial charge is 0.247 e. The summed E-state index contributed by atoms with van der Waals surface area (Å²) in [5, 5.41) is 16.6. The standard InChI is InChI=1S/C15H12N4OS2/c1-21-15-17-14-12(18-19-15)10-4-2-3-5-11(10)16-13(20-14)9-6-7-22-8-9/h2-8,13,16H,1H3. The lowest BCUT2D eigenvalue weighted by Gasteiger charge is -2.17. The number of fused-ring (bicyclic) bond motifs is 3. The summed E-state index contributed by atoms with van der Waals surface area (Å²) in [6, 6.07) is 10.0. The van der Waals surface area contributed by atoms with Crippen LogP contribution in [0.5, 0.6) is 5.88 Å². The number of anilines is 1. The van der Waals surface area contributed by atoms with Gasteiger partial charge in [-0.05, 0) is 29.1 Å². The third-order valence-corrected chi connectivity index (χ3v) is 4.60. The molecule has 1 N–H and O–H groups in total. The number of hydrogen-bond donors (Lipinski definition) is 1. The molecule has 7 heteroatoms. The van der Waals surface area contributed by atoms with Gasteiger partial charge in [-0.2, -0.15) is 16.3 Å². The number of para-hydroxylation sites is 1. The molecule has 0 amide bonds. The van der Waals surface area contributed by atoms with Gasteiger partial charge in [0.25, 0.3) is 0 Å². The van der Waals surface area contributed by atoms with E-state index < -0.39 is 0 Å². The summed E-state index contributed by atoms with van der Waals surface area (Å²) in [5.74, 6) is 0.507. The van der Waals surface area contributed by atoms with Crippen molar-refractivity contribution in [3.63, 3.8) is 0 Å². The minimum Gasteiger partial charge on any atom is -0.448 e. The highest BCUT2D eigenvalue weighted by Gasteiger charge is 2.25. The first-order valence-electron chi connectivity index (χ1n) is 6.68. The zero-order valence-electron chi connectivity index (χ0n) is 11.7. The average Bonchev–Trinajstić information content (AvgIpc) is 3.04.